The molecule has 1 aliphatic rings. The van der Waals surface area contributed by atoms with Gasteiger partial charge in [0.2, 0.25) is 0 Å². The number of carbonyl (C=O) groups is 3. The predicted molar refractivity (Wildman–Crippen MR) is 112 cm³/mol. The number of nitrogens with zero attached hydrogens (tertiary/aromatic N) is 4. The fourth-order valence-electron chi connectivity index (χ4n) is 3.72. The summed E-state index contributed by atoms with van der Waals surface area (Å²) in [7, 11) is 0. The van der Waals surface area contributed by atoms with Crippen LogP contribution in [0.3, 0.4) is 0 Å². The third-order valence-corrected chi connectivity index (χ3v) is 5.52. The molecule has 1 saturated heterocycles. The zero-order valence-corrected chi connectivity index (χ0v) is 19.1. The molecule has 0 bridgehead atoms. The molecule has 0 aromatic carbocycles. The molecular weight excluding hydrogens is 440 g/mol. The van der Waals surface area contributed by atoms with Crippen LogP contribution < -0.4 is 10.2 Å². The predicted octanol–water partition coefficient (Wildman–Crippen LogP) is -6.02. The second-order valence-electron chi connectivity index (χ2n) is 7.91. The van der Waals surface area contributed by atoms with Gasteiger partial charge in [0.05, 0.1) is 50.4 Å². The van der Waals surface area contributed by atoms with Crippen molar-refractivity contribution in [1.29, 1.82) is 0 Å². The van der Waals surface area contributed by atoms with Crippen molar-refractivity contribution >= 4 is 17.9 Å². The number of carboxylic acids is 2. The Morgan fingerprint density at radius 1 is 0.788 bits per heavy atom. The van der Waals surface area contributed by atoms with Gasteiger partial charge in [-0.25, -0.2) is 0 Å². The largest absolute Gasteiger partial charge is 0.549 e. The van der Waals surface area contributed by atoms with Crippen molar-refractivity contribution in [3.05, 3.63) is 0 Å². The van der Waals surface area contributed by atoms with Gasteiger partial charge in [0.1, 0.15) is 0 Å². The van der Waals surface area contributed by atoms with Crippen molar-refractivity contribution in [2.45, 2.75) is 19.1 Å². The summed E-state index contributed by atoms with van der Waals surface area (Å²) in [5.74, 6) is -2.98. The summed E-state index contributed by atoms with van der Waals surface area (Å²) in [6, 6.07) is -0.790. The van der Waals surface area contributed by atoms with Crippen LogP contribution in [-0.4, -0.2) is 157 Å². The number of ether oxygens (including phenoxy) is 1. The topological polar surface area (TPSA) is 180 Å². The summed E-state index contributed by atoms with van der Waals surface area (Å²) in [5, 5.41) is 51.6. The van der Waals surface area contributed by atoms with Gasteiger partial charge in [-0.1, -0.05) is 0 Å². The summed E-state index contributed by atoms with van der Waals surface area (Å²) in [4.78, 5) is 41.1. The van der Waals surface area contributed by atoms with Gasteiger partial charge >= 0.3 is 5.97 Å². The van der Waals surface area contributed by atoms with Crippen molar-refractivity contribution in [3.8, 4) is 0 Å². The Morgan fingerprint density at radius 3 is 1.58 bits per heavy atom. The molecule has 0 aliphatic carbocycles. The molecule has 0 aromatic heterocycles. The smallest absolute Gasteiger partial charge is 0.320 e. The van der Waals surface area contributed by atoms with E-state index in [4.69, 9.17) is 4.74 Å². The Labute approximate surface area is 193 Å². The van der Waals surface area contributed by atoms with Gasteiger partial charge in [0, 0.05) is 65.4 Å². The minimum Gasteiger partial charge on any atom is -0.549 e. The van der Waals surface area contributed by atoms with Crippen LogP contribution in [0.5, 0.6) is 0 Å². The van der Waals surface area contributed by atoms with Gasteiger partial charge in [-0.2, -0.15) is 0 Å². The summed E-state index contributed by atoms with van der Waals surface area (Å²) in [6.45, 7) is 2.40. The van der Waals surface area contributed by atoms with Crippen LogP contribution in [0.25, 0.3) is 0 Å². The third-order valence-electron chi connectivity index (χ3n) is 5.52. The molecule has 33 heavy (non-hydrogen) atoms. The number of carbonyl (C=O) groups excluding carboxylic acids is 3. The maximum Gasteiger partial charge on any atom is 0.320 e. The Bertz CT molecular complexity index is 610. The van der Waals surface area contributed by atoms with E-state index in [9.17, 15) is 39.9 Å². The molecule has 1 aliphatic heterocycles. The maximum atomic E-state index is 12.0. The van der Waals surface area contributed by atoms with Crippen LogP contribution in [0, 0.1) is 0 Å². The van der Waals surface area contributed by atoms with Crippen LogP contribution in [0.15, 0.2) is 0 Å². The monoisotopic (exact) mass is 476 g/mol. The molecule has 0 amide bonds. The SMILES string of the molecule is CCOC(=O)CN1CCN(CC(=O)[O-])CCN(CC(=O)[O-])CCN([C@H](CO)[C@H](O)CO)CC1. The fraction of sp³-hybridized carbons (Fsp3) is 0.850. The highest BCUT2D eigenvalue weighted by Gasteiger charge is 2.27. The first-order valence-corrected chi connectivity index (χ1v) is 11.1. The van der Waals surface area contributed by atoms with Gasteiger partial charge in [-0.15, -0.1) is 0 Å². The average molecular weight is 477 g/mol. The molecule has 1 fully saturated rings. The van der Waals surface area contributed by atoms with Gasteiger partial charge in [0.15, 0.2) is 0 Å². The van der Waals surface area contributed by atoms with E-state index in [2.05, 4.69) is 0 Å². The first-order valence-electron chi connectivity index (χ1n) is 11.1. The van der Waals surface area contributed by atoms with Gasteiger partial charge in [-0.3, -0.25) is 24.4 Å². The van der Waals surface area contributed by atoms with E-state index in [1.807, 2.05) is 0 Å². The average Bonchev–Trinajstić information content (AvgIpc) is 2.74. The highest BCUT2D eigenvalue weighted by molar-refractivity contribution is 5.71. The number of rotatable bonds is 11. The molecule has 0 unspecified atom stereocenters. The van der Waals surface area contributed by atoms with E-state index < -0.39 is 43.3 Å². The van der Waals surface area contributed by atoms with E-state index in [0.717, 1.165) is 0 Å². The molecule has 0 spiro atoms. The van der Waals surface area contributed by atoms with Crippen molar-refractivity contribution in [2.75, 3.05) is 91.8 Å². The zero-order valence-electron chi connectivity index (χ0n) is 19.1. The van der Waals surface area contributed by atoms with E-state index in [-0.39, 0.29) is 59.0 Å². The number of aliphatic carboxylic acids is 2. The highest BCUT2D eigenvalue weighted by Crippen LogP contribution is 2.08. The summed E-state index contributed by atoms with van der Waals surface area (Å²) < 4.78 is 5.02. The number of aliphatic hydroxyl groups is 3. The van der Waals surface area contributed by atoms with Gasteiger partial charge in [0.25, 0.3) is 0 Å². The van der Waals surface area contributed by atoms with Crippen LogP contribution in [0.4, 0.5) is 0 Å². The van der Waals surface area contributed by atoms with E-state index in [1.54, 1.807) is 26.5 Å². The van der Waals surface area contributed by atoms with Crippen LogP contribution in [0.2, 0.25) is 0 Å². The number of esters is 1. The first-order chi connectivity index (χ1) is 15.7. The van der Waals surface area contributed by atoms with E-state index in [0.29, 0.717) is 19.6 Å². The van der Waals surface area contributed by atoms with Crippen LogP contribution in [-0.2, 0) is 19.1 Å². The standard InChI is InChI=1S/C20H38N4O9/c1-2-33-20(32)13-23-6-5-21(11-18(28)29)3-4-22(12-19(30)31)7-9-24(10-8-23)16(14-25)17(27)15-26/h16-17,25-27H,2-15H2,1H3,(H,28,29)(H,30,31)/p-2/t16-,17-/m1/s1. The second kappa shape index (κ2) is 15.9. The second-order valence-corrected chi connectivity index (χ2v) is 7.91. The van der Waals surface area contributed by atoms with E-state index >= 15 is 0 Å². The fourth-order valence-corrected chi connectivity index (χ4v) is 3.72. The van der Waals surface area contributed by atoms with Gasteiger partial charge in [-0.05, 0) is 6.92 Å². The Balaban J connectivity index is 3.08. The Hall–Kier alpha value is -1.87. The van der Waals surface area contributed by atoms with Crippen LogP contribution >= 0.6 is 0 Å². The van der Waals surface area contributed by atoms with Crippen molar-refractivity contribution in [2.24, 2.45) is 0 Å². The van der Waals surface area contributed by atoms with E-state index in [1.165, 1.54) is 0 Å². The van der Waals surface area contributed by atoms with Crippen molar-refractivity contribution in [3.63, 3.8) is 0 Å². The molecule has 1 heterocycles. The number of carboxylic acid groups (broad SMARTS) is 2. The lowest BCUT2D eigenvalue weighted by Crippen LogP contribution is -2.55. The molecule has 0 radical (unpaired) electrons. The highest BCUT2D eigenvalue weighted by atomic mass is 16.5. The van der Waals surface area contributed by atoms with Crippen molar-refractivity contribution in [1.82, 2.24) is 19.6 Å². The molecule has 0 saturated carbocycles. The third kappa shape index (κ3) is 11.7. The van der Waals surface area contributed by atoms with Crippen LogP contribution in [0.1, 0.15) is 6.92 Å². The number of hydrogen-bond acceptors (Lipinski definition) is 13. The van der Waals surface area contributed by atoms with Crippen molar-refractivity contribution < 1.29 is 44.7 Å². The quantitative estimate of drug-likeness (QED) is 0.240. The first kappa shape index (κ1) is 29.2. The molecule has 13 heteroatoms. The molecular formula is C20H36N4O9-2. The normalized spacial score (nSPS) is 20.4. The minimum absolute atomic E-state index is 0.0238. The molecule has 3 N–H and O–H groups in total. The zero-order chi connectivity index (χ0) is 24.8. The summed E-state index contributed by atoms with van der Waals surface area (Å²) in [5.41, 5.74) is 0. The molecule has 2 atom stereocenters. The minimum atomic E-state index is -1.28. The Kier molecular flexibility index (Phi) is 14.0. The lowest BCUT2D eigenvalue weighted by atomic mass is 10.1. The maximum absolute atomic E-state index is 12.0. The molecule has 13 nitrogen and oxygen atoms in total. The number of aliphatic hydroxyl groups excluding tert-OH is 3. The van der Waals surface area contributed by atoms with Gasteiger partial charge < -0.3 is 39.9 Å². The summed E-state index contributed by atoms with van der Waals surface area (Å²) >= 11 is 0. The molecule has 192 valence electrons. The molecule has 1 rings (SSSR count). The lowest BCUT2D eigenvalue weighted by molar-refractivity contribution is -0.308. The lowest BCUT2D eigenvalue weighted by Gasteiger charge is -2.38. The summed E-state index contributed by atoms with van der Waals surface area (Å²) in [6.07, 6.45) is -1.21. The Morgan fingerprint density at radius 2 is 1.21 bits per heavy atom. The molecule has 0 aromatic rings. The number of hydrogen-bond donors (Lipinski definition) is 3.